The van der Waals surface area contributed by atoms with Crippen LogP contribution in [0.2, 0.25) is 0 Å². The molecule has 1 saturated heterocycles. The summed E-state index contributed by atoms with van der Waals surface area (Å²) in [5.41, 5.74) is 6.63. The third-order valence-electron chi connectivity index (χ3n) is 6.81. The molecule has 1 atom stereocenters. The Bertz CT molecular complexity index is 1420. The molecule has 2 aliphatic heterocycles. The van der Waals surface area contributed by atoms with Crippen molar-refractivity contribution < 1.29 is 14.0 Å². The molecule has 2 heterocycles. The first-order valence-corrected chi connectivity index (χ1v) is 12.1. The minimum Gasteiger partial charge on any atom is -0.364 e. The maximum Gasteiger partial charge on any atom is 0.322 e. The van der Waals surface area contributed by atoms with E-state index >= 15 is 0 Å². The Kier molecular flexibility index (Phi) is 7.59. The van der Waals surface area contributed by atoms with Gasteiger partial charge in [0.05, 0.1) is 6.54 Å². The third-order valence-corrected chi connectivity index (χ3v) is 6.81. The number of nitrogens with zero attached hydrogens (tertiary/aromatic N) is 2. The number of nitrogens with two attached hydrogens (primary N) is 1. The van der Waals surface area contributed by atoms with Crippen LogP contribution in [0.5, 0.6) is 0 Å². The molecule has 38 heavy (non-hydrogen) atoms. The van der Waals surface area contributed by atoms with Crippen molar-refractivity contribution in [2.75, 3.05) is 13.6 Å². The number of nitrogens with one attached hydrogen (secondary N) is 3. The van der Waals surface area contributed by atoms with Gasteiger partial charge in [0.1, 0.15) is 11.7 Å². The lowest BCUT2D eigenvalue weighted by molar-refractivity contribution is -0.123. The van der Waals surface area contributed by atoms with Crippen LogP contribution in [0.1, 0.15) is 36.1 Å². The summed E-state index contributed by atoms with van der Waals surface area (Å²) in [6.07, 6.45) is 7.32. The number of hydrazine groups is 1. The Labute approximate surface area is 221 Å². The lowest BCUT2D eigenvalue weighted by Gasteiger charge is -2.33. The second-order valence-electron chi connectivity index (χ2n) is 9.15. The maximum absolute atomic E-state index is 13.9. The van der Waals surface area contributed by atoms with Crippen LogP contribution in [0, 0.1) is 5.82 Å². The molecule has 1 fully saturated rings. The number of amidine groups is 1. The Hall–Kier alpha value is -4.50. The SMILES string of the molecule is C=C1c2cc(F)ccc2CN1CC1(C(/C=C\C)=C/C=C(\C)c2ccccc2C(=NC)NN)NC(=O)NC1=O. The van der Waals surface area contributed by atoms with Gasteiger partial charge in [0.2, 0.25) is 0 Å². The second kappa shape index (κ2) is 10.9. The molecule has 2 aromatic rings. The summed E-state index contributed by atoms with van der Waals surface area (Å²) in [5.74, 6) is 5.37. The first kappa shape index (κ1) is 26.6. The Morgan fingerprint density at radius 3 is 2.61 bits per heavy atom. The summed E-state index contributed by atoms with van der Waals surface area (Å²) in [5, 5.41) is 5.23. The molecule has 1 unspecified atom stereocenters. The summed E-state index contributed by atoms with van der Waals surface area (Å²) in [4.78, 5) is 31.8. The molecule has 9 heteroatoms. The average Bonchev–Trinajstić information content (AvgIpc) is 3.37. The van der Waals surface area contributed by atoms with Gasteiger partial charge in [-0.15, -0.1) is 0 Å². The van der Waals surface area contributed by atoms with Crippen molar-refractivity contribution in [2.45, 2.75) is 25.9 Å². The van der Waals surface area contributed by atoms with Crippen molar-refractivity contribution >= 4 is 29.0 Å². The molecule has 0 spiro atoms. The molecule has 4 rings (SSSR count). The van der Waals surface area contributed by atoms with E-state index < -0.39 is 17.5 Å². The number of fused-ring (bicyclic) bond motifs is 1. The summed E-state index contributed by atoms with van der Waals surface area (Å²) in [6.45, 7) is 8.47. The van der Waals surface area contributed by atoms with Crippen LogP contribution in [0.4, 0.5) is 9.18 Å². The van der Waals surface area contributed by atoms with E-state index in [-0.39, 0.29) is 12.4 Å². The predicted octanol–water partition coefficient (Wildman–Crippen LogP) is 3.64. The van der Waals surface area contributed by atoms with Crippen molar-refractivity contribution in [3.63, 3.8) is 0 Å². The van der Waals surface area contributed by atoms with Crippen LogP contribution in [0.3, 0.4) is 0 Å². The van der Waals surface area contributed by atoms with Crippen LogP contribution in [0.25, 0.3) is 11.3 Å². The van der Waals surface area contributed by atoms with Crippen molar-refractivity contribution in [2.24, 2.45) is 10.8 Å². The monoisotopic (exact) mass is 514 g/mol. The van der Waals surface area contributed by atoms with Crippen molar-refractivity contribution in [1.29, 1.82) is 0 Å². The zero-order chi connectivity index (χ0) is 27.4. The Morgan fingerprint density at radius 2 is 1.97 bits per heavy atom. The number of amides is 3. The third kappa shape index (κ3) is 4.88. The number of halogens is 1. The summed E-state index contributed by atoms with van der Waals surface area (Å²) < 4.78 is 13.9. The fourth-order valence-electron chi connectivity index (χ4n) is 4.88. The minimum absolute atomic E-state index is 0.114. The smallest absolute Gasteiger partial charge is 0.322 e. The van der Waals surface area contributed by atoms with E-state index in [4.69, 9.17) is 5.84 Å². The number of carbonyl (C=O) groups is 2. The molecule has 5 N–H and O–H groups in total. The minimum atomic E-state index is -1.39. The van der Waals surface area contributed by atoms with Gasteiger partial charge in [0.25, 0.3) is 5.91 Å². The molecule has 196 valence electrons. The van der Waals surface area contributed by atoms with Crippen molar-refractivity contribution in [3.8, 4) is 0 Å². The summed E-state index contributed by atoms with van der Waals surface area (Å²) in [6, 6.07) is 11.7. The topological polar surface area (TPSA) is 112 Å². The number of imide groups is 1. The van der Waals surface area contributed by atoms with Gasteiger partial charge in [-0.2, -0.15) is 0 Å². The molecule has 2 aromatic carbocycles. The van der Waals surface area contributed by atoms with Crippen molar-refractivity contribution in [3.05, 3.63) is 107 Å². The molecule has 0 saturated carbocycles. The molecule has 3 amide bonds. The quantitative estimate of drug-likeness (QED) is 0.113. The molecular formula is C29H31FN6O2. The molecule has 2 aliphatic rings. The fourth-order valence-corrected chi connectivity index (χ4v) is 4.88. The van der Waals surface area contributed by atoms with Gasteiger partial charge in [-0.1, -0.05) is 61.2 Å². The first-order chi connectivity index (χ1) is 18.2. The van der Waals surface area contributed by atoms with E-state index in [2.05, 4.69) is 27.6 Å². The van der Waals surface area contributed by atoms with E-state index in [0.29, 0.717) is 29.2 Å². The van der Waals surface area contributed by atoms with Crippen molar-refractivity contribution in [1.82, 2.24) is 21.0 Å². The number of hydrogen-bond acceptors (Lipinski definition) is 5. The molecule has 0 bridgehead atoms. The molecular weight excluding hydrogens is 483 g/mol. The van der Waals surface area contributed by atoms with Crippen LogP contribution in [-0.4, -0.2) is 41.8 Å². The second-order valence-corrected chi connectivity index (χ2v) is 9.15. The number of allylic oxidation sites excluding steroid dienone is 4. The van der Waals surface area contributed by atoms with Gasteiger partial charge in [-0.05, 0) is 48.3 Å². The van der Waals surface area contributed by atoms with Gasteiger partial charge in [0.15, 0.2) is 5.54 Å². The Morgan fingerprint density at radius 1 is 1.24 bits per heavy atom. The highest BCUT2D eigenvalue weighted by atomic mass is 19.1. The van der Waals surface area contributed by atoms with Gasteiger partial charge >= 0.3 is 6.03 Å². The van der Waals surface area contributed by atoms with Crippen LogP contribution in [-0.2, 0) is 11.3 Å². The van der Waals surface area contributed by atoms with Crippen LogP contribution < -0.4 is 21.9 Å². The highest BCUT2D eigenvalue weighted by Gasteiger charge is 2.50. The van der Waals surface area contributed by atoms with E-state index in [1.54, 1.807) is 19.2 Å². The zero-order valence-electron chi connectivity index (χ0n) is 21.6. The lowest BCUT2D eigenvalue weighted by Crippen LogP contribution is -2.55. The standard InChI is InChI=1S/C29H31FN6O2/c1-5-8-21(13-11-18(2)23-9-6-7-10-24(23)26(32-4)35-31)29(27(37)33-28(38)34-29)17-36-16-20-12-14-22(30)15-25(20)19(36)3/h5-15H,3,16-17,31H2,1-2,4H3,(H,32,35)(H2,33,34,37,38)/b8-5-,18-11+,21-13+. The Balaban J connectivity index is 1.75. The largest absolute Gasteiger partial charge is 0.364 e. The molecule has 8 nitrogen and oxygen atoms in total. The summed E-state index contributed by atoms with van der Waals surface area (Å²) in [7, 11) is 1.65. The number of benzene rings is 2. The van der Waals surface area contributed by atoms with Gasteiger partial charge in [-0.3, -0.25) is 15.1 Å². The predicted molar refractivity (Wildman–Crippen MR) is 148 cm³/mol. The van der Waals surface area contributed by atoms with E-state index in [9.17, 15) is 14.0 Å². The maximum atomic E-state index is 13.9. The van der Waals surface area contributed by atoms with Crippen LogP contribution in [0.15, 0.2) is 83.9 Å². The molecule has 0 aromatic heterocycles. The van der Waals surface area contributed by atoms with Crippen LogP contribution >= 0.6 is 0 Å². The number of hydrogen-bond donors (Lipinski definition) is 4. The normalized spacial score (nSPS) is 20.2. The van der Waals surface area contributed by atoms with Gasteiger partial charge in [0, 0.05) is 30.4 Å². The highest BCUT2D eigenvalue weighted by molar-refractivity contribution is 6.10. The lowest BCUT2D eigenvalue weighted by atomic mass is 9.87. The first-order valence-electron chi connectivity index (χ1n) is 12.1. The fraction of sp³-hybridized carbons (Fsp3) is 0.207. The zero-order valence-corrected chi connectivity index (χ0v) is 21.6. The van der Waals surface area contributed by atoms with E-state index in [0.717, 1.165) is 22.3 Å². The summed E-state index contributed by atoms with van der Waals surface area (Å²) >= 11 is 0. The van der Waals surface area contributed by atoms with Gasteiger partial charge in [-0.25, -0.2) is 15.0 Å². The highest BCUT2D eigenvalue weighted by Crippen LogP contribution is 2.35. The van der Waals surface area contributed by atoms with E-state index in [1.807, 2.05) is 61.2 Å². The van der Waals surface area contributed by atoms with Gasteiger partial charge < -0.3 is 15.6 Å². The molecule has 0 aliphatic carbocycles. The number of carbonyl (C=O) groups excluding carboxylic acids is 2. The number of rotatable bonds is 7. The number of aliphatic imine (C=N–C) groups is 1. The number of urea groups is 1. The average molecular weight is 515 g/mol. The van der Waals surface area contributed by atoms with E-state index in [1.165, 1.54) is 12.1 Å². The molecule has 0 radical (unpaired) electrons.